The third-order valence-electron chi connectivity index (χ3n) is 2.51. The smallest absolute Gasteiger partial charge is 0.135 e. The summed E-state index contributed by atoms with van der Waals surface area (Å²) in [4.78, 5) is 1.90. The summed E-state index contributed by atoms with van der Waals surface area (Å²) in [6, 6.07) is 4.82. The zero-order valence-electron chi connectivity index (χ0n) is 9.98. The Labute approximate surface area is 106 Å². The number of aliphatic hydroxyl groups excluding tert-OH is 1. The Morgan fingerprint density at radius 2 is 2.18 bits per heavy atom. The first-order valence-corrected chi connectivity index (χ1v) is 5.85. The topological polar surface area (TPSA) is 49.5 Å². The number of nitrogens with two attached hydrogens (primary N) is 1. The Kier molecular flexibility index (Phi) is 4.84. The number of hydrogen-bond acceptors (Lipinski definition) is 3. The highest BCUT2D eigenvalue weighted by Crippen LogP contribution is 2.24. The minimum Gasteiger partial charge on any atom is -0.395 e. The molecule has 17 heavy (non-hydrogen) atoms. The van der Waals surface area contributed by atoms with Crippen molar-refractivity contribution in [3.8, 4) is 0 Å². The molecule has 0 amide bonds. The molecule has 3 nitrogen and oxygen atoms in total. The monoisotopic (exact) mass is 256 g/mol. The Morgan fingerprint density at radius 1 is 1.53 bits per heavy atom. The van der Waals surface area contributed by atoms with Crippen LogP contribution in [0.5, 0.6) is 0 Å². The molecule has 0 spiro atoms. The van der Waals surface area contributed by atoms with Gasteiger partial charge in [-0.15, -0.1) is 0 Å². The molecule has 0 aliphatic rings. The highest BCUT2D eigenvalue weighted by molar-refractivity contribution is 7.80. The van der Waals surface area contributed by atoms with E-state index in [9.17, 15) is 4.39 Å². The van der Waals surface area contributed by atoms with E-state index in [1.165, 1.54) is 6.07 Å². The second-order valence-electron chi connectivity index (χ2n) is 4.01. The molecule has 0 heterocycles. The lowest BCUT2D eigenvalue weighted by molar-refractivity contribution is 0.299. The van der Waals surface area contributed by atoms with Crippen molar-refractivity contribution >= 4 is 22.9 Å². The Morgan fingerprint density at radius 3 is 2.65 bits per heavy atom. The average Bonchev–Trinajstić information content (AvgIpc) is 2.24. The van der Waals surface area contributed by atoms with Crippen LogP contribution in [0, 0.1) is 5.82 Å². The number of thiocarbonyl (C=S) groups is 1. The highest BCUT2D eigenvalue weighted by atomic mass is 32.1. The van der Waals surface area contributed by atoms with Gasteiger partial charge in [0.05, 0.1) is 17.9 Å². The second kappa shape index (κ2) is 5.93. The van der Waals surface area contributed by atoms with Crippen molar-refractivity contribution in [2.75, 3.05) is 18.1 Å². The number of anilines is 1. The maximum absolute atomic E-state index is 13.7. The van der Waals surface area contributed by atoms with Crippen LogP contribution in [-0.2, 0) is 0 Å². The lowest BCUT2D eigenvalue weighted by Gasteiger charge is -2.30. The van der Waals surface area contributed by atoms with Crippen LogP contribution < -0.4 is 10.6 Å². The number of rotatable bonds is 5. The first-order chi connectivity index (χ1) is 7.99. The van der Waals surface area contributed by atoms with Gasteiger partial charge in [-0.05, 0) is 26.0 Å². The van der Waals surface area contributed by atoms with Gasteiger partial charge in [0.2, 0.25) is 0 Å². The van der Waals surface area contributed by atoms with Crippen molar-refractivity contribution in [2.45, 2.75) is 19.9 Å². The summed E-state index contributed by atoms with van der Waals surface area (Å²) in [5.41, 5.74) is 6.42. The van der Waals surface area contributed by atoms with Crippen LogP contribution in [0.4, 0.5) is 10.1 Å². The fourth-order valence-corrected chi connectivity index (χ4v) is 1.96. The molecule has 0 unspecified atom stereocenters. The van der Waals surface area contributed by atoms with Crippen molar-refractivity contribution < 1.29 is 9.50 Å². The molecule has 1 aromatic rings. The molecule has 0 aliphatic heterocycles. The normalized spacial score (nSPS) is 10.6. The molecule has 0 bridgehead atoms. The van der Waals surface area contributed by atoms with Crippen molar-refractivity contribution in [1.29, 1.82) is 0 Å². The van der Waals surface area contributed by atoms with Gasteiger partial charge >= 0.3 is 0 Å². The summed E-state index contributed by atoms with van der Waals surface area (Å²) in [5, 5.41) is 9.05. The number of nitrogens with zero attached hydrogens (tertiary/aromatic N) is 1. The Bertz CT molecular complexity index is 409. The maximum atomic E-state index is 13.7. The number of aliphatic hydroxyl groups is 1. The lowest BCUT2D eigenvalue weighted by Crippen LogP contribution is -2.35. The standard InChI is InChI=1S/C12H17FN2OS/c1-8(2)15(6-7-16)10-5-3-4-9(13)11(10)12(14)17/h3-5,8,16H,6-7H2,1-2H3,(H2,14,17). The summed E-state index contributed by atoms with van der Waals surface area (Å²) in [5.74, 6) is -0.432. The number of hydrogen-bond donors (Lipinski definition) is 2. The van der Waals surface area contributed by atoms with E-state index in [0.717, 1.165) is 0 Å². The molecule has 5 heteroatoms. The van der Waals surface area contributed by atoms with Gasteiger partial charge in [-0.1, -0.05) is 18.3 Å². The third-order valence-corrected chi connectivity index (χ3v) is 2.72. The zero-order valence-corrected chi connectivity index (χ0v) is 10.8. The van der Waals surface area contributed by atoms with Crippen LogP contribution in [0.15, 0.2) is 18.2 Å². The molecular formula is C12H17FN2OS. The highest BCUT2D eigenvalue weighted by Gasteiger charge is 2.18. The van der Waals surface area contributed by atoms with Crippen LogP contribution in [0.3, 0.4) is 0 Å². The average molecular weight is 256 g/mol. The Balaban J connectivity index is 3.27. The van der Waals surface area contributed by atoms with Crippen molar-refractivity contribution in [1.82, 2.24) is 0 Å². The molecular weight excluding hydrogens is 239 g/mol. The van der Waals surface area contributed by atoms with Crippen molar-refractivity contribution in [3.63, 3.8) is 0 Å². The fourth-order valence-electron chi connectivity index (χ4n) is 1.76. The molecule has 0 atom stereocenters. The van der Waals surface area contributed by atoms with Gasteiger partial charge in [-0.2, -0.15) is 0 Å². The molecule has 1 aromatic carbocycles. The zero-order chi connectivity index (χ0) is 13.0. The SMILES string of the molecule is CC(C)N(CCO)c1cccc(F)c1C(N)=S. The van der Waals surface area contributed by atoms with Gasteiger partial charge in [0.1, 0.15) is 10.8 Å². The summed E-state index contributed by atoms with van der Waals surface area (Å²) in [6.07, 6.45) is 0. The molecule has 0 aliphatic carbocycles. The van der Waals surface area contributed by atoms with Gasteiger partial charge < -0.3 is 15.7 Å². The predicted octanol–water partition coefficient (Wildman–Crippen LogP) is 1.67. The third kappa shape index (κ3) is 3.14. The van der Waals surface area contributed by atoms with Crippen LogP contribution in [0.25, 0.3) is 0 Å². The minimum absolute atomic E-state index is 0.00847. The number of benzene rings is 1. The largest absolute Gasteiger partial charge is 0.395 e. The molecule has 0 aromatic heterocycles. The first kappa shape index (κ1) is 13.9. The van der Waals surface area contributed by atoms with Gasteiger partial charge in [-0.25, -0.2) is 4.39 Å². The molecule has 1 rings (SSSR count). The fraction of sp³-hybridized carbons (Fsp3) is 0.417. The summed E-state index contributed by atoms with van der Waals surface area (Å²) in [6.45, 7) is 4.33. The van der Waals surface area contributed by atoms with Crippen LogP contribution >= 0.6 is 12.2 Å². The number of halogens is 1. The van der Waals surface area contributed by atoms with E-state index in [1.807, 2.05) is 18.7 Å². The van der Waals surface area contributed by atoms with Gasteiger partial charge in [-0.3, -0.25) is 0 Å². The Hall–Kier alpha value is -1.20. The van der Waals surface area contributed by atoms with E-state index in [2.05, 4.69) is 0 Å². The quantitative estimate of drug-likeness (QED) is 0.787. The molecule has 94 valence electrons. The van der Waals surface area contributed by atoms with Crippen LogP contribution in [0.2, 0.25) is 0 Å². The second-order valence-corrected chi connectivity index (χ2v) is 4.45. The summed E-state index contributed by atoms with van der Waals surface area (Å²) >= 11 is 4.88. The van der Waals surface area contributed by atoms with Crippen LogP contribution in [0.1, 0.15) is 19.4 Å². The molecule has 0 radical (unpaired) electrons. The van der Waals surface area contributed by atoms with E-state index < -0.39 is 5.82 Å². The van der Waals surface area contributed by atoms with Gasteiger partial charge in [0, 0.05) is 12.6 Å². The molecule has 0 saturated carbocycles. The predicted molar refractivity (Wildman–Crippen MR) is 71.9 cm³/mol. The molecule has 3 N–H and O–H groups in total. The van der Waals surface area contributed by atoms with E-state index in [1.54, 1.807) is 12.1 Å². The van der Waals surface area contributed by atoms with E-state index in [-0.39, 0.29) is 23.2 Å². The molecule has 0 fully saturated rings. The van der Waals surface area contributed by atoms with E-state index in [0.29, 0.717) is 12.2 Å². The lowest BCUT2D eigenvalue weighted by atomic mass is 10.1. The van der Waals surface area contributed by atoms with Crippen molar-refractivity contribution in [3.05, 3.63) is 29.6 Å². The van der Waals surface area contributed by atoms with Gasteiger partial charge in [0.25, 0.3) is 0 Å². The van der Waals surface area contributed by atoms with Gasteiger partial charge in [0.15, 0.2) is 0 Å². The summed E-state index contributed by atoms with van der Waals surface area (Å²) < 4.78 is 13.7. The first-order valence-electron chi connectivity index (χ1n) is 5.44. The maximum Gasteiger partial charge on any atom is 0.135 e. The van der Waals surface area contributed by atoms with Crippen LogP contribution in [-0.4, -0.2) is 29.3 Å². The van der Waals surface area contributed by atoms with Crippen molar-refractivity contribution in [2.24, 2.45) is 5.73 Å². The van der Waals surface area contributed by atoms with E-state index >= 15 is 0 Å². The van der Waals surface area contributed by atoms with E-state index in [4.69, 9.17) is 23.1 Å². The summed E-state index contributed by atoms with van der Waals surface area (Å²) in [7, 11) is 0. The minimum atomic E-state index is -0.432. The molecule has 0 saturated heterocycles.